The van der Waals surface area contributed by atoms with Crippen molar-refractivity contribution in [2.24, 2.45) is 0 Å². The molecule has 1 N–H and O–H groups in total. The molecule has 1 aliphatic carbocycles. The van der Waals surface area contributed by atoms with E-state index in [2.05, 4.69) is 20.3 Å². The lowest BCUT2D eigenvalue weighted by Gasteiger charge is -2.25. The number of pyridine rings is 2. The molecule has 0 fully saturated rings. The largest absolute Gasteiger partial charge is 0.345 e. The van der Waals surface area contributed by atoms with Crippen molar-refractivity contribution in [3.63, 3.8) is 0 Å². The van der Waals surface area contributed by atoms with E-state index in [0.29, 0.717) is 11.4 Å². The number of amides is 1. The average Bonchev–Trinajstić information content (AvgIpc) is 2.69. The summed E-state index contributed by atoms with van der Waals surface area (Å²) in [6.45, 7) is 0. The summed E-state index contributed by atoms with van der Waals surface area (Å²) in [5.41, 5.74) is 3.57. The van der Waals surface area contributed by atoms with E-state index in [1.165, 1.54) is 0 Å². The standard InChI is InChI=1S/C19H17N5O/c25-19(14-6-10-21-11-7-14)24-17-3-1-2-16-15(17)12-22-18(23-16)13-4-8-20-9-5-13/h4-12,17H,1-3H2,(H,24,25). The molecule has 25 heavy (non-hydrogen) atoms. The van der Waals surface area contributed by atoms with Crippen molar-refractivity contribution in [2.45, 2.75) is 25.3 Å². The molecule has 0 bridgehead atoms. The zero-order chi connectivity index (χ0) is 17.1. The van der Waals surface area contributed by atoms with Gasteiger partial charge in [-0.3, -0.25) is 14.8 Å². The summed E-state index contributed by atoms with van der Waals surface area (Å²) in [7, 11) is 0. The molecule has 0 radical (unpaired) electrons. The average molecular weight is 331 g/mol. The Morgan fingerprint density at radius 3 is 2.52 bits per heavy atom. The zero-order valence-corrected chi connectivity index (χ0v) is 13.6. The Kier molecular flexibility index (Phi) is 4.16. The van der Waals surface area contributed by atoms with Gasteiger partial charge in [0.2, 0.25) is 0 Å². The summed E-state index contributed by atoms with van der Waals surface area (Å²) in [6.07, 6.45) is 11.3. The van der Waals surface area contributed by atoms with Crippen LogP contribution in [0.25, 0.3) is 11.4 Å². The number of hydrogen-bond acceptors (Lipinski definition) is 5. The molecule has 0 aromatic carbocycles. The van der Waals surface area contributed by atoms with Gasteiger partial charge in [0.25, 0.3) is 5.91 Å². The van der Waals surface area contributed by atoms with Gasteiger partial charge in [-0.2, -0.15) is 0 Å². The van der Waals surface area contributed by atoms with Crippen molar-refractivity contribution >= 4 is 5.91 Å². The van der Waals surface area contributed by atoms with Gasteiger partial charge < -0.3 is 5.32 Å². The minimum atomic E-state index is -0.0986. The van der Waals surface area contributed by atoms with Crippen LogP contribution in [0.1, 0.15) is 40.5 Å². The molecule has 124 valence electrons. The number of nitrogens with zero attached hydrogens (tertiary/aromatic N) is 4. The second-order valence-electron chi connectivity index (χ2n) is 5.99. The lowest BCUT2D eigenvalue weighted by Crippen LogP contribution is -2.31. The van der Waals surface area contributed by atoms with Crippen molar-refractivity contribution in [3.8, 4) is 11.4 Å². The quantitative estimate of drug-likeness (QED) is 0.798. The van der Waals surface area contributed by atoms with Gasteiger partial charge in [0.05, 0.1) is 6.04 Å². The highest BCUT2D eigenvalue weighted by Crippen LogP contribution is 2.29. The number of hydrogen-bond donors (Lipinski definition) is 1. The third-order valence-corrected chi connectivity index (χ3v) is 4.37. The van der Waals surface area contributed by atoms with Gasteiger partial charge in [-0.1, -0.05) is 0 Å². The number of aryl methyl sites for hydroxylation is 1. The minimum absolute atomic E-state index is 0.0593. The number of nitrogens with one attached hydrogen (secondary N) is 1. The Morgan fingerprint density at radius 1 is 1.04 bits per heavy atom. The third kappa shape index (κ3) is 3.24. The molecule has 3 heterocycles. The lowest BCUT2D eigenvalue weighted by atomic mass is 9.92. The van der Waals surface area contributed by atoms with Crippen LogP contribution in [0, 0.1) is 0 Å². The molecule has 1 amide bonds. The number of rotatable bonds is 3. The van der Waals surface area contributed by atoms with Crippen molar-refractivity contribution < 1.29 is 4.79 Å². The van der Waals surface area contributed by atoms with E-state index in [1.54, 1.807) is 36.9 Å². The molecule has 0 saturated carbocycles. The maximum absolute atomic E-state index is 12.4. The fourth-order valence-electron chi connectivity index (χ4n) is 3.08. The molecule has 6 heteroatoms. The van der Waals surface area contributed by atoms with Crippen molar-refractivity contribution in [1.82, 2.24) is 25.3 Å². The fraction of sp³-hybridized carbons (Fsp3) is 0.211. The van der Waals surface area contributed by atoms with Crippen LogP contribution >= 0.6 is 0 Å². The Labute approximate surface area is 145 Å². The van der Waals surface area contributed by atoms with Crippen molar-refractivity contribution in [1.29, 1.82) is 0 Å². The summed E-state index contributed by atoms with van der Waals surface area (Å²) >= 11 is 0. The van der Waals surface area contributed by atoms with Gasteiger partial charge in [0.1, 0.15) is 0 Å². The third-order valence-electron chi connectivity index (χ3n) is 4.37. The first kappa shape index (κ1) is 15.4. The second kappa shape index (κ2) is 6.76. The van der Waals surface area contributed by atoms with Crippen LogP contribution in [0.15, 0.2) is 55.2 Å². The molecule has 3 aromatic rings. The van der Waals surface area contributed by atoms with Crippen molar-refractivity contribution in [3.05, 3.63) is 72.1 Å². The van der Waals surface area contributed by atoms with Gasteiger partial charge in [0, 0.05) is 53.4 Å². The highest BCUT2D eigenvalue weighted by atomic mass is 16.1. The topological polar surface area (TPSA) is 80.7 Å². The SMILES string of the molecule is O=C(NC1CCCc2nc(-c3ccncc3)ncc21)c1ccncc1. The number of aromatic nitrogens is 4. The Morgan fingerprint density at radius 2 is 1.76 bits per heavy atom. The van der Waals surface area contributed by atoms with E-state index < -0.39 is 0 Å². The first-order valence-electron chi connectivity index (χ1n) is 8.28. The fourth-order valence-corrected chi connectivity index (χ4v) is 3.08. The molecule has 0 saturated heterocycles. The van der Waals surface area contributed by atoms with Crippen LogP contribution in [0.3, 0.4) is 0 Å². The van der Waals surface area contributed by atoms with Gasteiger partial charge >= 0.3 is 0 Å². The molecule has 1 atom stereocenters. The maximum Gasteiger partial charge on any atom is 0.251 e. The molecule has 4 rings (SSSR count). The highest BCUT2D eigenvalue weighted by Gasteiger charge is 2.24. The van der Waals surface area contributed by atoms with E-state index in [4.69, 9.17) is 4.98 Å². The number of carbonyl (C=O) groups excluding carboxylic acids is 1. The summed E-state index contributed by atoms with van der Waals surface area (Å²) in [5.74, 6) is 0.598. The van der Waals surface area contributed by atoms with Crippen LogP contribution in [0.5, 0.6) is 0 Å². The van der Waals surface area contributed by atoms with E-state index >= 15 is 0 Å². The van der Waals surface area contributed by atoms with Crippen LogP contribution in [-0.4, -0.2) is 25.8 Å². The molecule has 1 unspecified atom stereocenters. The van der Waals surface area contributed by atoms with E-state index in [1.807, 2.05) is 18.3 Å². The highest BCUT2D eigenvalue weighted by molar-refractivity contribution is 5.94. The summed E-state index contributed by atoms with van der Waals surface area (Å²) in [4.78, 5) is 29.6. The number of fused-ring (bicyclic) bond motifs is 1. The summed E-state index contributed by atoms with van der Waals surface area (Å²) in [6, 6.07) is 7.15. The number of carbonyl (C=O) groups is 1. The van der Waals surface area contributed by atoms with E-state index in [0.717, 1.165) is 36.1 Å². The van der Waals surface area contributed by atoms with Crippen LogP contribution < -0.4 is 5.32 Å². The monoisotopic (exact) mass is 331 g/mol. The van der Waals surface area contributed by atoms with Gasteiger partial charge in [-0.25, -0.2) is 9.97 Å². The van der Waals surface area contributed by atoms with Crippen molar-refractivity contribution in [2.75, 3.05) is 0 Å². The molecule has 0 aliphatic heterocycles. The van der Waals surface area contributed by atoms with Gasteiger partial charge in [-0.15, -0.1) is 0 Å². The predicted molar refractivity (Wildman–Crippen MR) is 92.6 cm³/mol. The Balaban J connectivity index is 1.59. The van der Waals surface area contributed by atoms with Gasteiger partial charge in [-0.05, 0) is 43.5 Å². The zero-order valence-electron chi connectivity index (χ0n) is 13.6. The van der Waals surface area contributed by atoms with Crippen LogP contribution in [0.2, 0.25) is 0 Å². The summed E-state index contributed by atoms with van der Waals surface area (Å²) < 4.78 is 0. The minimum Gasteiger partial charge on any atom is -0.345 e. The molecule has 1 aliphatic rings. The van der Waals surface area contributed by atoms with Crippen LogP contribution in [-0.2, 0) is 6.42 Å². The molecular formula is C19H17N5O. The maximum atomic E-state index is 12.4. The first-order valence-corrected chi connectivity index (χ1v) is 8.28. The molecule has 6 nitrogen and oxygen atoms in total. The van der Waals surface area contributed by atoms with Gasteiger partial charge in [0.15, 0.2) is 5.82 Å². The van der Waals surface area contributed by atoms with Crippen LogP contribution in [0.4, 0.5) is 0 Å². The Bertz CT molecular complexity index is 883. The smallest absolute Gasteiger partial charge is 0.251 e. The first-order chi connectivity index (χ1) is 12.3. The predicted octanol–water partition coefficient (Wildman–Crippen LogP) is 2.74. The second-order valence-corrected chi connectivity index (χ2v) is 5.99. The lowest BCUT2D eigenvalue weighted by molar-refractivity contribution is 0.0932. The van der Waals surface area contributed by atoms with E-state index in [9.17, 15) is 4.79 Å². The summed E-state index contributed by atoms with van der Waals surface area (Å²) in [5, 5.41) is 3.09. The molecular weight excluding hydrogens is 314 g/mol. The Hall–Kier alpha value is -3.15. The molecule has 3 aromatic heterocycles. The van der Waals surface area contributed by atoms with E-state index in [-0.39, 0.29) is 11.9 Å². The molecule has 0 spiro atoms. The normalized spacial score (nSPS) is 16.1.